The van der Waals surface area contributed by atoms with E-state index in [0.717, 1.165) is 6.61 Å². The van der Waals surface area contributed by atoms with Crippen LogP contribution < -0.4 is 0 Å². The number of hydrogen-bond donors (Lipinski definition) is 0. The highest BCUT2D eigenvalue weighted by Crippen LogP contribution is 2.38. The van der Waals surface area contributed by atoms with Crippen molar-refractivity contribution in [1.82, 2.24) is 0 Å². The Bertz CT molecular complexity index is 426. The van der Waals surface area contributed by atoms with Gasteiger partial charge in [-0.25, -0.2) is 0 Å². The fourth-order valence-electron chi connectivity index (χ4n) is 6.15. The lowest BCUT2D eigenvalue weighted by Gasteiger charge is -2.11. The molecule has 0 aromatic carbocycles. The van der Waals surface area contributed by atoms with Crippen LogP contribution >= 0.6 is 0 Å². The molecule has 0 aromatic heterocycles. The van der Waals surface area contributed by atoms with Crippen molar-refractivity contribution in [3.8, 4) is 0 Å². The van der Waals surface area contributed by atoms with Gasteiger partial charge in [0.25, 0.3) is 0 Å². The van der Waals surface area contributed by atoms with E-state index in [0.29, 0.717) is 5.60 Å². The summed E-state index contributed by atoms with van der Waals surface area (Å²) in [4.78, 5) is 0. The molecule has 1 aliphatic heterocycles. The smallest absolute Gasteiger partial charge is 0.0916 e. The standard InChI is InChI=1S/C36H72O/c1-3-5-7-9-11-13-15-17-19-20-22-24-26-28-30-32-34-36(35-37-36)33-31-29-27-25-23-21-18-16-14-12-10-8-6-4-2/h3-35H2,1-2H3. The van der Waals surface area contributed by atoms with Crippen LogP contribution in [-0.2, 0) is 4.74 Å². The average molecular weight is 521 g/mol. The van der Waals surface area contributed by atoms with Gasteiger partial charge in [0.15, 0.2) is 0 Å². The number of ether oxygens (including phenoxy) is 1. The van der Waals surface area contributed by atoms with Gasteiger partial charge in [-0.3, -0.25) is 0 Å². The first-order valence-corrected chi connectivity index (χ1v) is 18.0. The van der Waals surface area contributed by atoms with E-state index in [1.54, 1.807) is 0 Å². The molecule has 1 fully saturated rings. The number of unbranched alkanes of at least 4 members (excludes halogenated alkanes) is 28. The summed E-state index contributed by atoms with van der Waals surface area (Å²) in [5, 5.41) is 0. The average Bonchev–Trinajstić information content (AvgIpc) is 3.68. The van der Waals surface area contributed by atoms with E-state index in [1.807, 2.05) is 0 Å². The summed E-state index contributed by atoms with van der Waals surface area (Å²) in [6.45, 7) is 5.67. The maximum Gasteiger partial charge on any atom is 0.0916 e. The first-order chi connectivity index (χ1) is 18.3. The minimum absolute atomic E-state index is 0.327. The summed E-state index contributed by atoms with van der Waals surface area (Å²) < 4.78 is 5.93. The van der Waals surface area contributed by atoms with Crippen LogP contribution in [0, 0.1) is 0 Å². The molecule has 0 aliphatic carbocycles. The van der Waals surface area contributed by atoms with Crippen LogP contribution in [0.4, 0.5) is 0 Å². The summed E-state index contributed by atoms with van der Waals surface area (Å²) >= 11 is 0. The number of hydrogen-bond acceptors (Lipinski definition) is 1. The Kier molecular flexibility index (Phi) is 26.0. The summed E-state index contributed by atoms with van der Waals surface area (Å²) in [6.07, 6.45) is 46.3. The Balaban J connectivity index is 1.73. The van der Waals surface area contributed by atoms with Crippen LogP contribution in [0.3, 0.4) is 0 Å². The zero-order valence-corrected chi connectivity index (χ0v) is 26.2. The van der Waals surface area contributed by atoms with Crippen LogP contribution in [0.1, 0.15) is 219 Å². The molecule has 0 bridgehead atoms. The molecule has 1 unspecified atom stereocenters. The maximum atomic E-state index is 5.93. The lowest BCUT2D eigenvalue weighted by molar-refractivity contribution is 0.260. The molecule has 0 radical (unpaired) electrons. The molecule has 0 N–H and O–H groups in total. The molecule has 1 heterocycles. The van der Waals surface area contributed by atoms with Gasteiger partial charge in [-0.05, 0) is 12.8 Å². The molecule has 1 atom stereocenters. The van der Waals surface area contributed by atoms with Crippen molar-refractivity contribution in [2.75, 3.05) is 6.61 Å². The second kappa shape index (κ2) is 27.5. The fourth-order valence-corrected chi connectivity index (χ4v) is 6.15. The predicted octanol–water partition coefficient (Wildman–Crippen LogP) is 13.3. The van der Waals surface area contributed by atoms with Crippen LogP contribution in [-0.4, -0.2) is 12.2 Å². The van der Waals surface area contributed by atoms with Gasteiger partial charge in [0.2, 0.25) is 0 Å². The third-order valence-electron chi connectivity index (χ3n) is 9.02. The van der Waals surface area contributed by atoms with E-state index in [1.165, 1.54) is 205 Å². The zero-order chi connectivity index (χ0) is 26.5. The molecular formula is C36H72O. The molecule has 0 saturated carbocycles. The Morgan fingerprint density at radius 3 is 0.703 bits per heavy atom. The van der Waals surface area contributed by atoms with Crippen LogP contribution in [0.25, 0.3) is 0 Å². The van der Waals surface area contributed by atoms with Gasteiger partial charge in [-0.1, -0.05) is 206 Å². The highest BCUT2D eigenvalue weighted by Gasteiger charge is 2.42. The summed E-state index contributed by atoms with van der Waals surface area (Å²) in [5.74, 6) is 0. The molecule has 1 aliphatic rings. The quantitative estimate of drug-likeness (QED) is 0.0634. The van der Waals surface area contributed by atoms with E-state index in [9.17, 15) is 0 Å². The second-order valence-electron chi connectivity index (χ2n) is 12.9. The Morgan fingerprint density at radius 1 is 0.324 bits per heavy atom. The van der Waals surface area contributed by atoms with Gasteiger partial charge in [0, 0.05) is 0 Å². The van der Waals surface area contributed by atoms with Gasteiger partial charge in [0.05, 0.1) is 12.2 Å². The van der Waals surface area contributed by atoms with Crippen molar-refractivity contribution in [3.05, 3.63) is 0 Å². The van der Waals surface area contributed by atoms with Gasteiger partial charge in [-0.2, -0.15) is 0 Å². The fraction of sp³-hybridized carbons (Fsp3) is 1.00. The molecule has 222 valence electrons. The third kappa shape index (κ3) is 24.7. The predicted molar refractivity (Wildman–Crippen MR) is 168 cm³/mol. The number of rotatable bonds is 32. The highest BCUT2D eigenvalue weighted by atomic mass is 16.6. The lowest BCUT2D eigenvalue weighted by Crippen LogP contribution is -2.10. The highest BCUT2D eigenvalue weighted by molar-refractivity contribution is 4.91. The maximum absolute atomic E-state index is 5.93. The van der Waals surface area contributed by atoms with Crippen LogP contribution in [0.5, 0.6) is 0 Å². The van der Waals surface area contributed by atoms with Crippen LogP contribution in [0.15, 0.2) is 0 Å². The topological polar surface area (TPSA) is 12.5 Å². The molecule has 1 nitrogen and oxygen atoms in total. The largest absolute Gasteiger partial charge is 0.370 e. The third-order valence-corrected chi connectivity index (χ3v) is 9.02. The van der Waals surface area contributed by atoms with E-state index >= 15 is 0 Å². The molecule has 37 heavy (non-hydrogen) atoms. The monoisotopic (exact) mass is 521 g/mol. The van der Waals surface area contributed by atoms with Gasteiger partial charge in [-0.15, -0.1) is 0 Å². The molecule has 1 heteroatoms. The second-order valence-corrected chi connectivity index (χ2v) is 12.9. The van der Waals surface area contributed by atoms with E-state index < -0.39 is 0 Å². The van der Waals surface area contributed by atoms with E-state index in [-0.39, 0.29) is 0 Å². The summed E-state index contributed by atoms with van der Waals surface area (Å²) in [7, 11) is 0. The number of epoxide rings is 1. The van der Waals surface area contributed by atoms with Crippen molar-refractivity contribution in [2.24, 2.45) is 0 Å². The molecule has 1 rings (SSSR count). The summed E-state index contributed by atoms with van der Waals surface area (Å²) in [6, 6.07) is 0. The SMILES string of the molecule is CCCCCCCCCCCCCCCCCCC1(CCCCCCCCCCCCCCCC)CO1. The van der Waals surface area contributed by atoms with Crippen molar-refractivity contribution in [3.63, 3.8) is 0 Å². The molecule has 0 aromatic rings. The minimum Gasteiger partial charge on any atom is -0.370 e. The van der Waals surface area contributed by atoms with Crippen molar-refractivity contribution < 1.29 is 4.74 Å². The molecular weight excluding hydrogens is 448 g/mol. The lowest BCUT2D eigenvalue weighted by atomic mass is 9.94. The van der Waals surface area contributed by atoms with Crippen LogP contribution in [0.2, 0.25) is 0 Å². The van der Waals surface area contributed by atoms with Crippen molar-refractivity contribution in [2.45, 2.75) is 225 Å². The van der Waals surface area contributed by atoms with Crippen molar-refractivity contribution >= 4 is 0 Å². The first-order valence-electron chi connectivity index (χ1n) is 18.0. The van der Waals surface area contributed by atoms with Gasteiger partial charge >= 0.3 is 0 Å². The molecule has 1 saturated heterocycles. The Morgan fingerprint density at radius 2 is 0.514 bits per heavy atom. The van der Waals surface area contributed by atoms with Crippen molar-refractivity contribution in [1.29, 1.82) is 0 Å². The van der Waals surface area contributed by atoms with E-state index in [4.69, 9.17) is 4.74 Å². The Labute approximate surface area is 236 Å². The molecule has 0 spiro atoms. The minimum atomic E-state index is 0.327. The van der Waals surface area contributed by atoms with Gasteiger partial charge in [0.1, 0.15) is 0 Å². The Hall–Kier alpha value is -0.0400. The van der Waals surface area contributed by atoms with Gasteiger partial charge < -0.3 is 4.74 Å². The normalized spacial score (nSPS) is 17.0. The van der Waals surface area contributed by atoms with E-state index in [2.05, 4.69) is 13.8 Å². The zero-order valence-electron chi connectivity index (χ0n) is 26.2. The summed E-state index contributed by atoms with van der Waals surface area (Å²) in [5.41, 5.74) is 0.327. The first kappa shape index (κ1) is 35.0. The molecule has 0 amide bonds.